The van der Waals surface area contributed by atoms with Gasteiger partial charge in [0.2, 0.25) is 5.76 Å². The van der Waals surface area contributed by atoms with Crippen LogP contribution in [-0.2, 0) is 14.2 Å². The van der Waals surface area contributed by atoms with Crippen LogP contribution in [0.2, 0.25) is 12.6 Å². The molecule has 3 N–H and O–H groups in total. The minimum absolute atomic E-state index is 0.0924. The summed E-state index contributed by atoms with van der Waals surface area (Å²) in [4.78, 5) is 11.2. The van der Waals surface area contributed by atoms with E-state index in [9.17, 15) is 15.0 Å². The number of carbonyl (C=O) groups excluding carboxylic acids is 1. The summed E-state index contributed by atoms with van der Waals surface area (Å²) in [6, 6.07) is 0. The zero-order valence-corrected chi connectivity index (χ0v) is 9.92. The molecule has 0 saturated carbocycles. The van der Waals surface area contributed by atoms with Crippen molar-refractivity contribution >= 4 is 12.9 Å². The molecule has 96 valence electrons. The lowest BCUT2D eigenvalue weighted by molar-refractivity contribution is -0.147. The third-order valence-corrected chi connectivity index (χ3v) is 2.66. The highest BCUT2D eigenvalue weighted by molar-refractivity contribution is 6.51. The minimum atomic E-state index is -1.30. The summed E-state index contributed by atoms with van der Waals surface area (Å²) >= 11 is 0. The van der Waals surface area contributed by atoms with Gasteiger partial charge in [-0.25, -0.2) is 4.79 Å². The first-order chi connectivity index (χ1) is 8.04. The topological polar surface area (TPSA) is 96.2 Å². The van der Waals surface area contributed by atoms with Crippen LogP contribution < -0.4 is 0 Å². The molecule has 1 aliphatic heterocycles. The van der Waals surface area contributed by atoms with Gasteiger partial charge in [-0.3, -0.25) is 0 Å². The third kappa shape index (κ3) is 2.92. The first-order valence-corrected chi connectivity index (χ1v) is 5.64. The summed E-state index contributed by atoms with van der Waals surface area (Å²) in [6.07, 6.45) is -1.03. The molecule has 0 spiro atoms. The second-order valence-corrected chi connectivity index (χ2v) is 3.85. The van der Waals surface area contributed by atoms with Gasteiger partial charge in [0.25, 0.3) is 0 Å². The predicted molar refractivity (Wildman–Crippen MR) is 60.4 cm³/mol. The molecular formula is C10H17BO6. The van der Waals surface area contributed by atoms with E-state index in [-0.39, 0.29) is 12.7 Å². The summed E-state index contributed by atoms with van der Waals surface area (Å²) in [5.41, 5.74) is 0. The van der Waals surface area contributed by atoms with E-state index in [1.165, 1.54) is 0 Å². The molecule has 1 heterocycles. The SMILES string of the molecule is CCB(CC)OC1=C(O)C(=O)O[C@@H]1[C@@H](O)CO. The second kappa shape index (κ2) is 5.93. The molecule has 0 bridgehead atoms. The smallest absolute Gasteiger partial charge is 0.377 e. The Morgan fingerprint density at radius 2 is 2.06 bits per heavy atom. The van der Waals surface area contributed by atoms with Crippen LogP contribution in [-0.4, -0.2) is 47.0 Å². The van der Waals surface area contributed by atoms with Crippen LogP contribution in [0.5, 0.6) is 0 Å². The number of hydrogen-bond donors (Lipinski definition) is 3. The van der Waals surface area contributed by atoms with Gasteiger partial charge in [-0.05, 0) is 12.6 Å². The Bertz CT molecular complexity index is 312. The molecule has 17 heavy (non-hydrogen) atoms. The van der Waals surface area contributed by atoms with Crippen molar-refractivity contribution in [1.82, 2.24) is 0 Å². The van der Waals surface area contributed by atoms with Crippen molar-refractivity contribution < 1.29 is 29.5 Å². The summed E-state index contributed by atoms with van der Waals surface area (Å²) in [5, 5.41) is 27.8. The lowest BCUT2D eigenvalue weighted by Gasteiger charge is -2.21. The van der Waals surface area contributed by atoms with Gasteiger partial charge in [0.1, 0.15) is 6.10 Å². The first-order valence-electron chi connectivity index (χ1n) is 5.64. The van der Waals surface area contributed by atoms with E-state index >= 15 is 0 Å². The van der Waals surface area contributed by atoms with Crippen LogP contribution in [0.4, 0.5) is 0 Å². The molecule has 0 saturated heterocycles. The Labute approximate surface area is 100.0 Å². The van der Waals surface area contributed by atoms with Crippen molar-refractivity contribution in [1.29, 1.82) is 0 Å². The fourth-order valence-electron chi connectivity index (χ4n) is 1.57. The van der Waals surface area contributed by atoms with E-state index in [0.717, 1.165) is 0 Å². The number of aliphatic hydroxyl groups is 3. The molecule has 6 nitrogen and oxygen atoms in total. The maximum Gasteiger partial charge on any atom is 0.377 e. The van der Waals surface area contributed by atoms with Crippen molar-refractivity contribution in [3.8, 4) is 0 Å². The second-order valence-electron chi connectivity index (χ2n) is 3.85. The molecule has 1 rings (SSSR count). The number of ether oxygens (including phenoxy) is 1. The van der Waals surface area contributed by atoms with E-state index in [2.05, 4.69) is 0 Å². The first kappa shape index (κ1) is 13.9. The molecule has 7 heteroatoms. The Kier molecular flexibility index (Phi) is 4.83. The molecular weight excluding hydrogens is 227 g/mol. The minimum Gasteiger partial charge on any atom is -0.558 e. The van der Waals surface area contributed by atoms with E-state index in [0.29, 0.717) is 12.6 Å². The van der Waals surface area contributed by atoms with Gasteiger partial charge in [0.05, 0.1) is 6.61 Å². The van der Waals surface area contributed by atoms with Crippen LogP contribution in [0.25, 0.3) is 0 Å². The van der Waals surface area contributed by atoms with Crippen LogP contribution in [0, 0.1) is 0 Å². The summed E-state index contributed by atoms with van der Waals surface area (Å²) in [6.45, 7) is 3.05. The zero-order chi connectivity index (χ0) is 13.0. The molecule has 2 atom stereocenters. The normalized spacial score (nSPS) is 21.4. The average molecular weight is 244 g/mol. The van der Waals surface area contributed by atoms with Crippen LogP contribution >= 0.6 is 0 Å². The van der Waals surface area contributed by atoms with E-state index in [4.69, 9.17) is 14.5 Å². The number of cyclic esters (lactones) is 1. The van der Waals surface area contributed by atoms with Crippen LogP contribution in [0.3, 0.4) is 0 Å². The molecule has 0 amide bonds. The lowest BCUT2D eigenvalue weighted by Crippen LogP contribution is -2.34. The maximum absolute atomic E-state index is 11.2. The summed E-state index contributed by atoms with van der Waals surface area (Å²) < 4.78 is 10.2. The Balaban J connectivity index is 2.86. The van der Waals surface area contributed by atoms with Crippen molar-refractivity contribution in [2.45, 2.75) is 38.7 Å². The maximum atomic E-state index is 11.2. The third-order valence-electron chi connectivity index (χ3n) is 2.66. The highest BCUT2D eigenvalue weighted by atomic mass is 16.6. The Hall–Kier alpha value is -1.21. The monoisotopic (exact) mass is 244 g/mol. The van der Waals surface area contributed by atoms with Crippen molar-refractivity contribution in [3.05, 3.63) is 11.5 Å². The van der Waals surface area contributed by atoms with Gasteiger partial charge in [0, 0.05) is 0 Å². The van der Waals surface area contributed by atoms with Gasteiger partial charge in [0.15, 0.2) is 11.9 Å². The van der Waals surface area contributed by atoms with Gasteiger partial charge in [-0.1, -0.05) is 13.8 Å². The van der Waals surface area contributed by atoms with E-state index in [1.807, 2.05) is 13.8 Å². The standard InChI is InChI=1S/C10H17BO6/c1-3-11(4-2)17-9-7(14)10(15)16-8(9)6(13)5-12/h6,8,12-14H,3-5H2,1-2H3/t6-,8+/m0/s1. The molecule has 0 aliphatic carbocycles. The van der Waals surface area contributed by atoms with Crippen molar-refractivity contribution in [2.24, 2.45) is 0 Å². The molecule has 0 aromatic heterocycles. The van der Waals surface area contributed by atoms with Crippen LogP contribution in [0.15, 0.2) is 11.5 Å². The van der Waals surface area contributed by atoms with Gasteiger partial charge >= 0.3 is 12.9 Å². The van der Waals surface area contributed by atoms with Gasteiger partial charge in [-0.2, -0.15) is 0 Å². The number of esters is 1. The van der Waals surface area contributed by atoms with Crippen molar-refractivity contribution in [2.75, 3.05) is 6.61 Å². The van der Waals surface area contributed by atoms with Crippen molar-refractivity contribution in [3.63, 3.8) is 0 Å². The molecule has 0 radical (unpaired) electrons. The van der Waals surface area contributed by atoms with E-state index in [1.54, 1.807) is 0 Å². The molecule has 0 unspecified atom stereocenters. The number of carbonyl (C=O) groups is 1. The highest BCUT2D eigenvalue weighted by Gasteiger charge is 2.41. The highest BCUT2D eigenvalue weighted by Crippen LogP contribution is 2.26. The molecule has 1 aliphatic rings. The summed E-state index contributed by atoms with van der Waals surface area (Å²) in [5.74, 6) is -1.66. The molecule has 0 aromatic carbocycles. The largest absolute Gasteiger partial charge is 0.558 e. The van der Waals surface area contributed by atoms with Crippen LogP contribution in [0.1, 0.15) is 13.8 Å². The van der Waals surface area contributed by atoms with E-state index < -0.39 is 30.5 Å². The van der Waals surface area contributed by atoms with Gasteiger partial charge < -0.3 is 24.7 Å². The number of aliphatic hydroxyl groups excluding tert-OH is 3. The lowest BCUT2D eigenvalue weighted by atomic mass is 9.62. The fraction of sp³-hybridized carbons (Fsp3) is 0.700. The molecule has 0 fully saturated rings. The number of rotatable bonds is 6. The quantitative estimate of drug-likeness (QED) is 0.452. The Morgan fingerprint density at radius 3 is 2.53 bits per heavy atom. The average Bonchev–Trinajstić information content (AvgIpc) is 2.62. The summed E-state index contributed by atoms with van der Waals surface area (Å²) in [7, 11) is 0. The van der Waals surface area contributed by atoms with Gasteiger partial charge in [-0.15, -0.1) is 0 Å². The zero-order valence-electron chi connectivity index (χ0n) is 9.92. The Morgan fingerprint density at radius 1 is 1.47 bits per heavy atom. The fourth-order valence-corrected chi connectivity index (χ4v) is 1.57. The molecule has 0 aromatic rings. The predicted octanol–water partition coefficient (Wildman–Crippen LogP) is 0.0825. The number of hydrogen-bond acceptors (Lipinski definition) is 6.